The zero-order valence-corrected chi connectivity index (χ0v) is 11.5. The third-order valence-corrected chi connectivity index (χ3v) is 4.38. The Labute approximate surface area is 115 Å². The lowest BCUT2D eigenvalue weighted by Crippen LogP contribution is -2.35. The largest absolute Gasteiger partial charge is 0.393 e. The summed E-state index contributed by atoms with van der Waals surface area (Å²) in [6.07, 6.45) is 4.57. The summed E-state index contributed by atoms with van der Waals surface area (Å²) >= 11 is 0. The molecule has 2 aliphatic rings. The molecule has 104 valence electrons. The van der Waals surface area contributed by atoms with Crippen molar-refractivity contribution in [1.29, 1.82) is 0 Å². The van der Waals surface area contributed by atoms with Gasteiger partial charge in [0.25, 0.3) is 0 Å². The summed E-state index contributed by atoms with van der Waals surface area (Å²) in [6.45, 7) is 4.39. The number of aliphatic hydroxyl groups excluding tert-OH is 1. The van der Waals surface area contributed by atoms with Gasteiger partial charge in [-0.15, -0.1) is 0 Å². The Balaban J connectivity index is 1.43. The lowest BCUT2D eigenvalue weighted by molar-refractivity contribution is 0.0430. The Bertz CT molecular complexity index is 392. The quantitative estimate of drug-likeness (QED) is 0.851. The van der Waals surface area contributed by atoms with Crippen LogP contribution in [0.4, 0.5) is 5.69 Å². The van der Waals surface area contributed by atoms with E-state index >= 15 is 0 Å². The maximum atomic E-state index is 9.24. The maximum absolute atomic E-state index is 9.24. The summed E-state index contributed by atoms with van der Waals surface area (Å²) < 4.78 is 0. The Morgan fingerprint density at radius 3 is 2.42 bits per heavy atom. The van der Waals surface area contributed by atoms with Crippen molar-refractivity contribution in [2.24, 2.45) is 5.92 Å². The van der Waals surface area contributed by atoms with Gasteiger partial charge in [-0.1, -0.05) is 12.1 Å². The Hall–Kier alpha value is -1.06. The molecule has 2 N–H and O–H groups in total. The van der Waals surface area contributed by atoms with E-state index in [2.05, 4.69) is 34.5 Å². The topological polar surface area (TPSA) is 35.5 Å². The zero-order valence-electron chi connectivity index (χ0n) is 11.5. The van der Waals surface area contributed by atoms with E-state index in [0.29, 0.717) is 5.92 Å². The number of nitrogens with one attached hydrogen (secondary N) is 1. The number of hydrogen-bond donors (Lipinski definition) is 2. The van der Waals surface area contributed by atoms with Gasteiger partial charge in [-0.2, -0.15) is 0 Å². The molecule has 19 heavy (non-hydrogen) atoms. The third-order valence-electron chi connectivity index (χ3n) is 4.38. The van der Waals surface area contributed by atoms with Crippen LogP contribution in [-0.2, 0) is 6.54 Å². The van der Waals surface area contributed by atoms with E-state index in [0.717, 1.165) is 25.9 Å². The molecule has 1 saturated carbocycles. The molecule has 0 bridgehead atoms. The SMILES string of the molecule is OC1CC(CNCc2ccc(N3CCCC3)cc2)C1. The zero-order chi connectivity index (χ0) is 13.1. The Kier molecular flexibility index (Phi) is 4.04. The molecule has 1 aromatic carbocycles. The van der Waals surface area contributed by atoms with Crippen LogP contribution in [0, 0.1) is 5.92 Å². The number of aliphatic hydroxyl groups is 1. The van der Waals surface area contributed by atoms with Crippen LogP contribution in [0.25, 0.3) is 0 Å². The molecule has 1 aliphatic carbocycles. The maximum Gasteiger partial charge on any atom is 0.0546 e. The number of benzene rings is 1. The van der Waals surface area contributed by atoms with Crippen molar-refractivity contribution < 1.29 is 5.11 Å². The monoisotopic (exact) mass is 260 g/mol. The van der Waals surface area contributed by atoms with Crippen molar-refractivity contribution >= 4 is 5.69 Å². The molecule has 0 unspecified atom stereocenters. The van der Waals surface area contributed by atoms with Crippen molar-refractivity contribution in [3.8, 4) is 0 Å². The first kappa shape index (κ1) is 12.9. The van der Waals surface area contributed by atoms with Crippen LogP contribution in [0.5, 0.6) is 0 Å². The molecule has 1 saturated heterocycles. The van der Waals surface area contributed by atoms with E-state index in [4.69, 9.17) is 0 Å². The molecular weight excluding hydrogens is 236 g/mol. The van der Waals surface area contributed by atoms with Gasteiger partial charge in [-0.05, 0) is 55.8 Å². The van der Waals surface area contributed by atoms with Gasteiger partial charge in [-0.3, -0.25) is 0 Å². The summed E-state index contributed by atoms with van der Waals surface area (Å²) in [5.74, 6) is 0.680. The van der Waals surface area contributed by atoms with Crippen molar-refractivity contribution in [2.75, 3.05) is 24.5 Å². The molecule has 3 nitrogen and oxygen atoms in total. The first-order valence-electron chi connectivity index (χ1n) is 7.54. The molecule has 0 aromatic heterocycles. The molecule has 1 heterocycles. The van der Waals surface area contributed by atoms with Crippen LogP contribution in [0.3, 0.4) is 0 Å². The van der Waals surface area contributed by atoms with Crippen molar-refractivity contribution in [1.82, 2.24) is 5.32 Å². The van der Waals surface area contributed by atoms with E-state index in [9.17, 15) is 5.11 Å². The predicted molar refractivity (Wildman–Crippen MR) is 78.3 cm³/mol. The fourth-order valence-electron chi connectivity index (χ4n) is 3.09. The number of nitrogens with zero attached hydrogens (tertiary/aromatic N) is 1. The fourth-order valence-corrected chi connectivity index (χ4v) is 3.09. The summed E-state index contributed by atoms with van der Waals surface area (Å²) in [4.78, 5) is 2.47. The molecule has 0 spiro atoms. The molecule has 1 aromatic rings. The summed E-state index contributed by atoms with van der Waals surface area (Å²) in [5, 5.41) is 12.7. The summed E-state index contributed by atoms with van der Waals surface area (Å²) in [7, 11) is 0. The lowest BCUT2D eigenvalue weighted by atomic mass is 9.82. The standard InChI is InChI=1S/C16H24N2O/c19-16-9-14(10-16)12-17-11-13-3-5-15(6-4-13)18-7-1-2-8-18/h3-6,14,16-17,19H,1-2,7-12H2. The second-order valence-electron chi connectivity index (χ2n) is 5.98. The van der Waals surface area contributed by atoms with E-state index in [1.54, 1.807) is 0 Å². The number of rotatable bonds is 5. The van der Waals surface area contributed by atoms with Crippen LogP contribution < -0.4 is 10.2 Å². The second-order valence-corrected chi connectivity index (χ2v) is 5.98. The smallest absolute Gasteiger partial charge is 0.0546 e. The Morgan fingerprint density at radius 1 is 1.11 bits per heavy atom. The van der Waals surface area contributed by atoms with Gasteiger partial charge in [0.2, 0.25) is 0 Å². The molecular formula is C16H24N2O. The van der Waals surface area contributed by atoms with Crippen molar-refractivity contribution in [3.05, 3.63) is 29.8 Å². The van der Waals surface area contributed by atoms with Gasteiger partial charge in [0.05, 0.1) is 6.10 Å². The van der Waals surface area contributed by atoms with E-state index < -0.39 is 0 Å². The van der Waals surface area contributed by atoms with E-state index in [1.165, 1.54) is 37.2 Å². The summed E-state index contributed by atoms with van der Waals surface area (Å²) in [5.41, 5.74) is 2.71. The highest BCUT2D eigenvalue weighted by Gasteiger charge is 2.26. The minimum Gasteiger partial charge on any atom is -0.393 e. The first-order chi connectivity index (χ1) is 9.31. The molecule has 0 atom stereocenters. The lowest BCUT2D eigenvalue weighted by Gasteiger charge is -2.31. The Morgan fingerprint density at radius 2 is 1.79 bits per heavy atom. The second kappa shape index (κ2) is 5.93. The van der Waals surface area contributed by atoms with Crippen LogP contribution in [0.1, 0.15) is 31.2 Å². The predicted octanol–water partition coefficient (Wildman–Crippen LogP) is 2.15. The van der Waals surface area contributed by atoms with Crippen LogP contribution in [-0.4, -0.2) is 30.8 Å². The average molecular weight is 260 g/mol. The van der Waals surface area contributed by atoms with Gasteiger partial charge in [-0.25, -0.2) is 0 Å². The molecule has 3 heteroatoms. The average Bonchev–Trinajstić information content (AvgIpc) is 2.91. The van der Waals surface area contributed by atoms with Gasteiger partial charge in [0, 0.05) is 25.3 Å². The highest BCUT2D eigenvalue weighted by Crippen LogP contribution is 2.26. The van der Waals surface area contributed by atoms with Gasteiger partial charge >= 0.3 is 0 Å². The van der Waals surface area contributed by atoms with Crippen LogP contribution in [0.15, 0.2) is 24.3 Å². The highest BCUT2D eigenvalue weighted by atomic mass is 16.3. The van der Waals surface area contributed by atoms with E-state index in [1.807, 2.05) is 0 Å². The van der Waals surface area contributed by atoms with E-state index in [-0.39, 0.29) is 6.10 Å². The fraction of sp³-hybridized carbons (Fsp3) is 0.625. The third kappa shape index (κ3) is 3.28. The van der Waals surface area contributed by atoms with Gasteiger partial charge in [0.15, 0.2) is 0 Å². The number of hydrogen-bond acceptors (Lipinski definition) is 3. The van der Waals surface area contributed by atoms with Crippen molar-refractivity contribution in [3.63, 3.8) is 0 Å². The van der Waals surface area contributed by atoms with Gasteiger partial charge in [0.1, 0.15) is 0 Å². The number of anilines is 1. The minimum atomic E-state index is -0.0356. The molecule has 0 amide bonds. The first-order valence-corrected chi connectivity index (χ1v) is 7.54. The molecule has 0 radical (unpaired) electrons. The molecule has 3 rings (SSSR count). The van der Waals surface area contributed by atoms with Gasteiger partial charge < -0.3 is 15.3 Å². The molecule has 2 fully saturated rings. The minimum absolute atomic E-state index is 0.0356. The van der Waals surface area contributed by atoms with Crippen molar-refractivity contribution in [2.45, 2.75) is 38.3 Å². The van der Waals surface area contributed by atoms with Crippen LogP contribution in [0.2, 0.25) is 0 Å². The highest BCUT2D eigenvalue weighted by molar-refractivity contribution is 5.48. The normalized spacial score (nSPS) is 26.5. The van der Waals surface area contributed by atoms with Crippen LogP contribution >= 0.6 is 0 Å². The molecule has 1 aliphatic heterocycles. The summed E-state index contributed by atoms with van der Waals surface area (Å²) in [6, 6.07) is 8.96.